The predicted molar refractivity (Wildman–Crippen MR) is 68.9 cm³/mol. The largest absolute Gasteiger partial charge is 0.309 e. The van der Waals surface area contributed by atoms with E-state index in [1.54, 1.807) is 17.8 Å². The minimum absolute atomic E-state index is 0.211. The second-order valence-electron chi connectivity index (χ2n) is 3.58. The Morgan fingerprint density at radius 3 is 2.94 bits per heavy atom. The van der Waals surface area contributed by atoms with Crippen molar-refractivity contribution in [2.24, 2.45) is 0 Å². The molecule has 0 aromatic heterocycles. The highest BCUT2D eigenvalue weighted by Gasteiger charge is 2.13. The number of halogens is 2. The van der Waals surface area contributed by atoms with E-state index >= 15 is 0 Å². The summed E-state index contributed by atoms with van der Waals surface area (Å²) in [5.41, 5.74) is 0.354. The van der Waals surface area contributed by atoms with Gasteiger partial charge in [-0.1, -0.05) is 18.1 Å². The van der Waals surface area contributed by atoms with Gasteiger partial charge in [-0.3, -0.25) is 0 Å². The van der Waals surface area contributed by atoms with E-state index in [9.17, 15) is 8.78 Å². The summed E-state index contributed by atoms with van der Waals surface area (Å²) < 4.78 is 26.4. The van der Waals surface area contributed by atoms with Gasteiger partial charge in [0.25, 0.3) is 0 Å². The van der Waals surface area contributed by atoms with Crippen LogP contribution in [0.4, 0.5) is 8.78 Å². The molecule has 0 saturated carbocycles. The maximum Gasteiger partial charge on any atom is 0.163 e. The van der Waals surface area contributed by atoms with Gasteiger partial charge in [-0.25, -0.2) is 8.78 Å². The fourth-order valence-electron chi connectivity index (χ4n) is 1.44. The average Bonchev–Trinajstić information content (AvgIpc) is 2.32. The van der Waals surface area contributed by atoms with E-state index < -0.39 is 11.6 Å². The highest BCUT2D eigenvalue weighted by molar-refractivity contribution is 7.99. The smallest absolute Gasteiger partial charge is 0.163 e. The van der Waals surface area contributed by atoms with Gasteiger partial charge in [-0.05, 0) is 13.0 Å². The first kappa shape index (κ1) is 14.0. The normalized spacial score (nSPS) is 12.1. The molecule has 1 unspecified atom stereocenters. The molecule has 92 valence electrons. The minimum Gasteiger partial charge on any atom is -0.309 e. The van der Waals surface area contributed by atoms with E-state index in [2.05, 4.69) is 11.2 Å². The van der Waals surface area contributed by atoms with Crippen molar-refractivity contribution in [3.8, 4) is 12.3 Å². The van der Waals surface area contributed by atoms with Crippen molar-refractivity contribution in [3.63, 3.8) is 0 Å². The number of benzene rings is 1. The molecule has 0 fully saturated rings. The van der Waals surface area contributed by atoms with Gasteiger partial charge in [0.2, 0.25) is 0 Å². The number of hydrogen-bond donors (Lipinski definition) is 1. The van der Waals surface area contributed by atoms with Crippen LogP contribution in [0.2, 0.25) is 0 Å². The number of rotatable bonds is 6. The standard InChI is InChI=1S/C13H15F2NS/c1-3-8-17-9-7-16-10(2)11-5-4-6-12(14)13(11)15/h1,4-6,10,16H,7-9H2,2H3. The lowest BCUT2D eigenvalue weighted by atomic mass is 10.1. The molecule has 0 spiro atoms. The molecule has 1 nitrogen and oxygen atoms in total. The van der Waals surface area contributed by atoms with Gasteiger partial charge in [0.05, 0.1) is 5.75 Å². The van der Waals surface area contributed by atoms with Gasteiger partial charge >= 0.3 is 0 Å². The second kappa shape index (κ2) is 7.31. The van der Waals surface area contributed by atoms with Crippen LogP contribution in [0.25, 0.3) is 0 Å². The van der Waals surface area contributed by atoms with E-state index in [4.69, 9.17) is 6.42 Å². The lowest BCUT2D eigenvalue weighted by Crippen LogP contribution is -2.22. The maximum atomic E-state index is 13.4. The third-order valence-corrected chi connectivity index (χ3v) is 3.19. The summed E-state index contributed by atoms with van der Waals surface area (Å²) in [5.74, 6) is 2.47. The molecule has 0 saturated heterocycles. The molecule has 0 amide bonds. The molecular weight excluding hydrogens is 240 g/mol. The minimum atomic E-state index is -0.808. The number of hydrogen-bond acceptors (Lipinski definition) is 2. The SMILES string of the molecule is C#CCSCCNC(C)c1cccc(F)c1F. The highest BCUT2D eigenvalue weighted by Crippen LogP contribution is 2.18. The molecule has 1 aromatic rings. The molecular formula is C13H15F2NS. The van der Waals surface area contributed by atoms with Crippen LogP contribution in [0.15, 0.2) is 18.2 Å². The van der Waals surface area contributed by atoms with Gasteiger partial charge in [0, 0.05) is 23.9 Å². The Bertz CT molecular complexity index is 401. The Kier molecular flexibility index (Phi) is 6.03. The number of nitrogens with one attached hydrogen (secondary N) is 1. The van der Waals surface area contributed by atoms with Crippen LogP contribution in [0.3, 0.4) is 0 Å². The Morgan fingerprint density at radius 2 is 2.24 bits per heavy atom. The van der Waals surface area contributed by atoms with Gasteiger partial charge in [0.1, 0.15) is 0 Å². The fraction of sp³-hybridized carbons (Fsp3) is 0.385. The van der Waals surface area contributed by atoms with Crippen molar-refractivity contribution >= 4 is 11.8 Å². The summed E-state index contributed by atoms with van der Waals surface area (Å²) >= 11 is 1.63. The first-order valence-corrected chi connectivity index (χ1v) is 6.50. The molecule has 1 rings (SSSR count). The monoisotopic (exact) mass is 255 g/mol. The molecule has 17 heavy (non-hydrogen) atoms. The van der Waals surface area contributed by atoms with Crippen LogP contribution in [0.5, 0.6) is 0 Å². The van der Waals surface area contributed by atoms with Crippen molar-refractivity contribution < 1.29 is 8.78 Å². The zero-order valence-electron chi connectivity index (χ0n) is 9.67. The molecule has 0 heterocycles. The van der Waals surface area contributed by atoms with Crippen molar-refractivity contribution in [1.82, 2.24) is 5.32 Å². The van der Waals surface area contributed by atoms with Crippen molar-refractivity contribution in [1.29, 1.82) is 0 Å². The molecule has 0 aliphatic heterocycles. The number of thioether (sulfide) groups is 1. The Morgan fingerprint density at radius 1 is 1.47 bits per heavy atom. The quantitative estimate of drug-likeness (QED) is 0.619. The van der Waals surface area contributed by atoms with E-state index in [0.29, 0.717) is 17.9 Å². The first-order chi connectivity index (χ1) is 8.16. The van der Waals surface area contributed by atoms with Crippen LogP contribution in [0, 0.1) is 24.0 Å². The molecule has 1 atom stereocenters. The summed E-state index contributed by atoms with van der Waals surface area (Å²) in [6.07, 6.45) is 5.12. The molecule has 0 aliphatic carbocycles. The van der Waals surface area contributed by atoms with Crippen LogP contribution in [-0.2, 0) is 0 Å². The zero-order chi connectivity index (χ0) is 12.7. The Labute approximate surface area is 105 Å². The average molecular weight is 255 g/mol. The molecule has 0 radical (unpaired) electrons. The fourth-order valence-corrected chi connectivity index (χ4v) is 1.97. The first-order valence-electron chi connectivity index (χ1n) is 5.35. The predicted octanol–water partition coefficient (Wildman–Crippen LogP) is 2.98. The third kappa shape index (κ3) is 4.37. The van der Waals surface area contributed by atoms with Gasteiger partial charge < -0.3 is 5.32 Å². The summed E-state index contributed by atoms with van der Waals surface area (Å²) in [6, 6.07) is 4.01. The van der Waals surface area contributed by atoms with Crippen molar-refractivity contribution in [3.05, 3.63) is 35.4 Å². The maximum absolute atomic E-state index is 13.4. The van der Waals surface area contributed by atoms with Crippen LogP contribution in [-0.4, -0.2) is 18.1 Å². The van der Waals surface area contributed by atoms with Crippen molar-refractivity contribution in [2.75, 3.05) is 18.1 Å². The summed E-state index contributed by atoms with van der Waals surface area (Å²) in [4.78, 5) is 0. The second-order valence-corrected chi connectivity index (χ2v) is 4.68. The Balaban J connectivity index is 2.45. The van der Waals surface area contributed by atoms with Crippen LogP contribution >= 0.6 is 11.8 Å². The van der Waals surface area contributed by atoms with Crippen LogP contribution < -0.4 is 5.32 Å². The van der Waals surface area contributed by atoms with Gasteiger partial charge in [-0.2, -0.15) is 0 Å². The molecule has 1 N–H and O–H groups in total. The molecule has 4 heteroatoms. The summed E-state index contributed by atoms with van der Waals surface area (Å²) in [5, 5.41) is 3.13. The third-order valence-electron chi connectivity index (χ3n) is 2.33. The summed E-state index contributed by atoms with van der Waals surface area (Å²) in [7, 11) is 0. The number of terminal acetylenes is 1. The Hall–Kier alpha value is -1.05. The van der Waals surface area contributed by atoms with E-state index in [-0.39, 0.29) is 6.04 Å². The van der Waals surface area contributed by atoms with Gasteiger partial charge in [-0.15, -0.1) is 18.2 Å². The lowest BCUT2D eigenvalue weighted by molar-refractivity contribution is 0.477. The van der Waals surface area contributed by atoms with E-state index in [1.165, 1.54) is 6.07 Å². The van der Waals surface area contributed by atoms with Gasteiger partial charge in [0.15, 0.2) is 11.6 Å². The molecule has 0 aliphatic rings. The molecule has 1 aromatic carbocycles. The summed E-state index contributed by atoms with van der Waals surface area (Å²) in [6.45, 7) is 2.52. The van der Waals surface area contributed by atoms with Crippen molar-refractivity contribution in [2.45, 2.75) is 13.0 Å². The topological polar surface area (TPSA) is 12.0 Å². The zero-order valence-corrected chi connectivity index (χ0v) is 10.5. The molecule has 0 bridgehead atoms. The van der Waals surface area contributed by atoms with Crippen LogP contribution in [0.1, 0.15) is 18.5 Å². The lowest BCUT2D eigenvalue weighted by Gasteiger charge is -2.14. The van der Waals surface area contributed by atoms with E-state index in [1.807, 2.05) is 6.92 Å². The highest BCUT2D eigenvalue weighted by atomic mass is 32.2. The van der Waals surface area contributed by atoms with E-state index in [0.717, 1.165) is 11.8 Å².